The number of hydrogen-bond donors (Lipinski definition) is 2. The van der Waals surface area contributed by atoms with Crippen LogP contribution in [0.3, 0.4) is 0 Å². The molecule has 2 aliphatic heterocycles. The SMILES string of the molecule is CCCC(=O)NCc1ccc(-c2nnc(C)nn2)c(Oc2cccc3c2C(=O)N(C2CCC(=O)NC2=O)C3=O)c1. The van der Waals surface area contributed by atoms with E-state index in [0.29, 0.717) is 29.8 Å². The zero-order chi connectivity index (χ0) is 28.4. The van der Waals surface area contributed by atoms with Crippen LogP contribution >= 0.6 is 0 Å². The van der Waals surface area contributed by atoms with Gasteiger partial charge < -0.3 is 10.1 Å². The van der Waals surface area contributed by atoms with Gasteiger partial charge in [0.05, 0.1) is 16.7 Å². The van der Waals surface area contributed by atoms with Crippen molar-refractivity contribution in [2.75, 3.05) is 0 Å². The monoisotopic (exact) mass is 543 g/mol. The fourth-order valence-electron chi connectivity index (χ4n) is 4.54. The van der Waals surface area contributed by atoms with E-state index in [9.17, 15) is 24.0 Å². The molecule has 1 atom stereocenters. The number of aromatic nitrogens is 4. The molecule has 40 heavy (non-hydrogen) atoms. The maximum Gasteiger partial charge on any atom is 0.266 e. The zero-order valence-electron chi connectivity index (χ0n) is 21.8. The first-order valence-corrected chi connectivity index (χ1v) is 12.7. The van der Waals surface area contributed by atoms with Gasteiger partial charge in [-0.2, -0.15) is 0 Å². The van der Waals surface area contributed by atoms with Crippen molar-refractivity contribution in [2.24, 2.45) is 0 Å². The number of imide groups is 2. The minimum atomic E-state index is -1.11. The highest BCUT2D eigenvalue weighted by Crippen LogP contribution is 2.38. The van der Waals surface area contributed by atoms with Gasteiger partial charge in [0.15, 0.2) is 5.82 Å². The molecule has 3 aromatic rings. The Morgan fingerprint density at radius 1 is 1.02 bits per heavy atom. The van der Waals surface area contributed by atoms with Crippen LogP contribution in [0.25, 0.3) is 11.4 Å². The first-order valence-electron chi connectivity index (χ1n) is 12.7. The van der Waals surface area contributed by atoms with Gasteiger partial charge in [0.25, 0.3) is 11.8 Å². The lowest BCUT2D eigenvalue weighted by molar-refractivity contribution is -0.136. The van der Waals surface area contributed by atoms with Gasteiger partial charge in [0, 0.05) is 19.4 Å². The highest BCUT2D eigenvalue weighted by Gasteiger charge is 2.46. The molecule has 2 N–H and O–H groups in total. The second kappa shape index (κ2) is 11.0. The number of rotatable bonds is 8. The number of fused-ring (bicyclic) bond motifs is 1. The molecule has 0 radical (unpaired) electrons. The normalized spacial score (nSPS) is 16.6. The van der Waals surface area contributed by atoms with Crippen LogP contribution in [-0.2, 0) is 20.9 Å². The third kappa shape index (κ3) is 5.13. The van der Waals surface area contributed by atoms with Crippen molar-refractivity contribution in [3.05, 3.63) is 58.9 Å². The van der Waals surface area contributed by atoms with Gasteiger partial charge in [-0.15, -0.1) is 20.4 Å². The van der Waals surface area contributed by atoms with Crippen LogP contribution < -0.4 is 15.4 Å². The fraction of sp³-hybridized carbons (Fsp3) is 0.296. The number of nitrogens with zero attached hydrogens (tertiary/aromatic N) is 5. The molecule has 5 rings (SSSR count). The highest BCUT2D eigenvalue weighted by atomic mass is 16.5. The summed E-state index contributed by atoms with van der Waals surface area (Å²) < 4.78 is 6.23. The van der Waals surface area contributed by atoms with Crippen LogP contribution in [0.5, 0.6) is 11.5 Å². The number of amides is 5. The van der Waals surface area contributed by atoms with E-state index in [1.165, 1.54) is 12.1 Å². The van der Waals surface area contributed by atoms with Crippen LogP contribution in [0.2, 0.25) is 0 Å². The predicted octanol–water partition coefficient (Wildman–Crippen LogP) is 1.85. The molecule has 1 unspecified atom stereocenters. The van der Waals surface area contributed by atoms with Crippen LogP contribution in [-0.4, -0.2) is 60.9 Å². The molecule has 0 bridgehead atoms. The summed E-state index contributed by atoms with van der Waals surface area (Å²) in [6.45, 7) is 3.79. The number of benzene rings is 2. The average Bonchev–Trinajstić information content (AvgIpc) is 3.19. The van der Waals surface area contributed by atoms with Crippen molar-refractivity contribution in [3.8, 4) is 22.9 Å². The summed E-state index contributed by atoms with van der Waals surface area (Å²) in [5.74, 6) is -1.75. The van der Waals surface area contributed by atoms with Crippen molar-refractivity contribution in [1.29, 1.82) is 0 Å². The summed E-state index contributed by atoms with van der Waals surface area (Å²) in [5, 5.41) is 21.1. The molecule has 3 heterocycles. The van der Waals surface area contributed by atoms with E-state index < -0.39 is 29.7 Å². The lowest BCUT2D eigenvalue weighted by Crippen LogP contribution is -2.54. The molecule has 5 amide bonds. The Morgan fingerprint density at radius 2 is 1.80 bits per heavy atom. The fourth-order valence-corrected chi connectivity index (χ4v) is 4.54. The Hall–Kier alpha value is -5.07. The predicted molar refractivity (Wildman–Crippen MR) is 138 cm³/mol. The number of nitrogens with one attached hydrogen (secondary N) is 2. The summed E-state index contributed by atoms with van der Waals surface area (Å²) in [6.07, 6.45) is 1.15. The molecule has 1 aromatic heterocycles. The summed E-state index contributed by atoms with van der Waals surface area (Å²) in [7, 11) is 0. The molecular formula is C27H25N7O6. The topological polar surface area (TPSA) is 173 Å². The summed E-state index contributed by atoms with van der Waals surface area (Å²) in [4.78, 5) is 63.7. The minimum Gasteiger partial charge on any atom is -0.456 e. The van der Waals surface area contributed by atoms with E-state index in [1.54, 1.807) is 31.2 Å². The lowest BCUT2D eigenvalue weighted by Gasteiger charge is -2.27. The maximum absolute atomic E-state index is 13.5. The van der Waals surface area contributed by atoms with E-state index in [4.69, 9.17) is 4.74 Å². The van der Waals surface area contributed by atoms with Gasteiger partial charge in [-0.25, -0.2) is 0 Å². The minimum absolute atomic E-state index is 0.00845. The van der Waals surface area contributed by atoms with Crippen molar-refractivity contribution < 1.29 is 28.7 Å². The smallest absolute Gasteiger partial charge is 0.266 e. The van der Waals surface area contributed by atoms with Gasteiger partial charge in [0.1, 0.15) is 17.5 Å². The second-order valence-corrected chi connectivity index (χ2v) is 9.36. The zero-order valence-corrected chi connectivity index (χ0v) is 21.8. The van der Waals surface area contributed by atoms with Crippen molar-refractivity contribution >= 4 is 29.5 Å². The number of aryl methyl sites for hydroxylation is 1. The third-order valence-corrected chi connectivity index (χ3v) is 6.48. The molecule has 1 fully saturated rings. The molecule has 2 aliphatic rings. The molecule has 2 aromatic carbocycles. The molecule has 13 heteroatoms. The van der Waals surface area contributed by atoms with E-state index in [0.717, 1.165) is 4.90 Å². The van der Waals surface area contributed by atoms with E-state index in [-0.39, 0.29) is 53.7 Å². The van der Waals surface area contributed by atoms with Gasteiger partial charge >= 0.3 is 0 Å². The highest BCUT2D eigenvalue weighted by molar-refractivity contribution is 6.24. The second-order valence-electron chi connectivity index (χ2n) is 9.36. The number of carbonyl (C=O) groups excluding carboxylic acids is 5. The average molecular weight is 544 g/mol. The Morgan fingerprint density at radius 3 is 2.52 bits per heavy atom. The van der Waals surface area contributed by atoms with Gasteiger partial charge in [-0.1, -0.05) is 19.1 Å². The van der Waals surface area contributed by atoms with Crippen LogP contribution in [0.4, 0.5) is 0 Å². The number of carbonyl (C=O) groups is 5. The molecule has 0 aliphatic carbocycles. The number of ether oxygens (including phenoxy) is 1. The Balaban J connectivity index is 1.50. The number of hydrogen-bond acceptors (Lipinski definition) is 10. The molecular weight excluding hydrogens is 518 g/mol. The van der Waals surface area contributed by atoms with Crippen LogP contribution in [0.15, 0.2) is 36.4 Å². The van der Waals surface area contributed by atoms with Gasteiger partial charge in [-0.3, -0.25) is 34.2 Å². The number of piperidine rings is 1. The quantitative estimate of drug-likeness (QED) is 0.399. The van der Waals surface area contributed by atoms with Crippen molar-refractivity contribution in [1.82, 2.24) is 35.9 Å². The Bertz CT molecular complexity index is 1540. The molecule has 13 nitrogen and oxygen atoms in total. The molecule has 204 valence electrons. The Labute approximate surface area is 228 Å². The lowest BCUT2D eigenvalue weighted by atomic mass is 10.0. The largest absolute Gasteiger partial charge is 0.456 e. The van der Waals surface area contributed by atoms with Crippen molar-refractivity contribution in [3.63, 3.8) is 0 Å². The maximum atomic E-state index is 13.5. The van der Waals surface area contributed by atoms with Crippen molar-refractivity contribution in [2.45, 2.75) is 52.1 Å². The molecule has 0 spiro atoms. The van der Waals surface area contributed by atoms with Crippen LogP contribution in [0, 0.1) is 6.92 Å². The Kier molecular flexibility index (Phi) is 7.27. The summed E-state index contributed by atoms with van der Waals surface area (Å²) in [6, 6.07) is 8.59. The first kappa shape index (κ1) is 26.5. The molecule has 0 saturated carbocycles. The van der Waals surface area contributed by atoms with Gasteiger partial charge in [0.2, 0.25) is 23.5 Å². The van der Waals surface area contributed by atoms with Crippen LogP contribution in [0.1, 0.15) is 64.7 Å². The van der Waals surface area contributed by atoms with E-state index in [1.807, 2.05) is 6.92 Å². The molecule has 1 saturated heterocycles. The van der Waals surface area contributed by atoms with E-state index in [2.05, 4.69) is 31.0 Å². The first-order chi connectivity index (χ1) is 19.3. The summed E-state index contributed by atoms with van der Waals surface area (Å²) in [5.41, 5.74) is 1.19. The third-order valence-electron chi connectivity index (χ3n) is 6.48. The van der Waals surface area contributed by atoms with Gasteiger partial charge in [-0.05, 0) is 49.6 Å². The standard InChI is InChI=1S/C27H25N7O6/c1-3-5-21(35)28-13-15-8-9-16(24-32-30-14(2)31-33-24)20(12-15)40-19-7-4-6-17-23(19)27(39)34(26(17)38)18-10-11-22(36)29-25(18)37/h4,6-9,12,18H,3,5,10-11,13H2,1-2H3,(H,28,35)(H,29,36,37). The summed E-state index contributed by atoms with van der Waals surface area (Å²) >= 11 is 0. The van der Waals surface area contributed by atoms with E-state index >= 15 is 0 Å².